The largest absolute Gasteiger partial charge is 0.463 e. The second-order valence-corrected chi connectivity index (χ2v) is 9.83. The molecule has 5 rings (SSSR count). The van der Waals surface area contributed by atoms with Crippen molar-refractivity contribution in [2.75, 3.05) is 13.2 Å². The average molecular weight is 518 g/mol. The van der Waals surface area contributed by atoms with E-state index in [2.05, 4.69) is 15.8 Å². The van der Waals surface area contributed by atoms with Gasteiger partial charge in [0.2, 0.25) is 5.96 Å². The molecule has 4 aromatic rings. The van der Waals surface area contributed by atoms with E-state index in [1.54, 1.807) is 6.07 Å². The number of halogens is 1. The predicted molar refractivity (Wildman–Crippen MR) is 145 cm³/mol. The number of aliphatic hydroxyl groups is 1. The van der Waals surface area contributed by atoms with Crippen LogP contribution in [0.5, 0.6) is 0 Å². The Balaban J connectivity index is 1.67. The number of aliphatic imine (C=N–C) groups is 1. The minimum absolute atomic E-state index is 0.111. The number of guanidine groups is 1. The summed E-state index contributed by atoms with van der Waals surface area (Å²) in [5.41, 5.74) is 12.3. The van der Waals surface area contributed by atoms with Crippen molar-refractivity contribution in [2.24, 2.45) is 10.7 Å². The number of nitrogens with zero attached hydrogens (tertiary/aromatic N) is 3. The Bertz CT molecular complexity index is 1480. The van der Waals surface area contributed by atoms with E-state index in [1.165, 1.54) is 24.3 Å². The Morgan fingerprint density at radius 2 is 1.92 bits per heavy atom. The summed E-state index contributed by atoms with van der Waals surface area (Å²) in [6.45, 7) is 4.43. The minimum atomic E-state index is -0.458. The highest BCUT2D eigenvalue weighted by atomic mass is 32.2. The number of rotatable bonds is 6. The molecular formula is C28H28FN5O2S. The van der Waals surface area contributed by atoms with Gasteiger partial charge in [-0.2, -0.15) is 0 Å². The number of aryl methyl sites for hydroxylation is 2. The molecule has 2 aromatic carbocycles. The molecule has 190 valence electrons. The predicted octanol–water partition coefficient (Wildman–Crippen LogP) is 5.09. The summed E-state index contributed by atoms with van der Waals surface area (Å²) >= 11 is 1.37. The van der Waals surface area contributed by atoms with Crippen LogP contribution < -0.4 is 10.5 Å². The third-order valence-corrected chi connectivity index (χ3v) is 7.16. The second kappa shape index (κ2) is 10.8. The number of aromatic nitrogens is 1. The van der Waals surface area contributed by atoms with Crippen molar-refractivity contribution in [3.05, 3.63) is 101 Å². The van der Waals surface area contributed by atoms with E-state index in [-0.39, 0.29) is 30.8 Å². The lowest BCUT2D eigenvalue weighted by atomic mass is 9.96. The SMILES string of the molecule is Cc1cccc(C)c1C1=C/C(N(CCO)Cc2nc3ccoc3cc2F)c2cccc(c2)SN\C(N)=N\1. The van der Waals surface area contributed by atoms with Crippen LogP contribution >= 0.6 is 11.9 Å². The van der Waals surface area contributed by atoms with Gasteiger partial charge < -0.3 is 15.3 Å². The lowest BCUT2D eigenvalue weighted by Crippen LogP contribution is -2.32. The Labute approximate surface area is 219 Å². The van der Waals surface area contributed by atoms with Gasteiger partial charge in [0.1, 0.15) is 11.3 Å². The van der Waals surface area contributed by atoms with Gasteiger partial charge in [-0.05, 0) is 60.7 Å². The topological polar surface area (TPSA) is 99.9 Å². The molecule has 0 radical (unpaired) electrons. The standard InChI is InChI=1S/C28H28FN5O2S/c1-17-5-3-6-18(2)27(17)23-15-25(19-7-4-8-20(13-19)37-33-28(30)32-23)34(10-11-35)16-24-21(29)14-26-22(31-24)9-12-36-26/h3-9,12-15,25,35H,10-11,16H2,1-2H3,(H3,30,32,33)/b23-15-. The third-order valence-electron chi connectivity index (χ3n) is 6.36. The van der Waals surface area contributed by atoms with E-state index in [1.807, 2.05) is 61.2 Å². The lowest BCUT2D eigenvalue weighted by Gasteiger charge is -2.31. The van der Waals surface area contributed by atoms with Crippen LogP contribution in [0.15, 0.2) is 81.2 Å². The molecule has 7 nitrogen and oxygen atoms in total. The number of aliphatic hydroxyl groups excluding tert-OH is 1. The zero-order chi connectivity index (χ0) is 25.9. The molecule has 3 heterocycles. The Hall–Kier alpha value is -3.66. The molecule has 2 aromatic heterocycles. The van der Waals surface area contributed by atoms with Crippen LogP contribution in [0.4, 0.5) is 4.39 Å². The van der Waals surface area contributed by atoms with Gasteiger partial charge in [-0.3, -0.25) is 9.62 Å². The van der Waals surface area contributed by atoms with Crippen molar-refractivity contribution >= 4 is 34.7 Å². The molecule has 1 aliphatic heterocycles. The first-order valence-electron chi connectivity index (χ1n) is 12.0. The van der Waals surface area contributed by atoms with Crippen LogP contribution in [-0.2, 0) is 6.54 Å². The molecule has 1 unspecified atom stereocenters. The highest BCUT2D eigenvalue weighted by molar-refractivity contribution is 7.98. The fourth-order valence-corrected chi connectivity index (χ4v) is 5.25. The molecule has 0 fully saturated rings. The van der Waals surface area contributed by atoms with E-state index in [0.29, 0.717) is 23.3 Å². The second-order valence-electron chi connectivity index (χ2n) is 8.95. The van der Waals surface area contributed by atoms with Gasteiger partial charge in [0.25, 0.3) is 0 Å². The first-order valence-corrected chi connectivity index (χ1v) is 12.8. The van der Waals surface area contributed by atoms with Crippen LogP contribution in [0.1, 0.15) is 34.0 Å². The smallest absolute Gasteiger partial charge is 0.204 e. The highest BCUT2D eigenvalue weighted by Gasteiger charge is 2.24. The molecule has 37 heavy (non-hydrogen) atoms. The number of furan rings is 1. The molecule has 1 aliphatic rings. The number of hydrogen-bond donors (Lipinski definition) is 3. The molecular weight excluding hydrogens is 489 g/mol. The normalized spacial score (nSPS) is 18.7. The van der Waals surface area contributed by atoms with E-state index < -0.39 is 5.82 Å². The maximum absolute atomic E-state index is 15.1. The van der Waals surface area contributed by atoms with Crippen LogP contribution in [0.25, 0.3) is 16.8 Å². The van der Waals surface area contributed by atoms with Gasteiger partial charge in [-0.25, -0.2) is 14.4 Å². The van der Waals surface area contributed by atoms with Crippen LogP contribution in [0, 0.1) is 19.7 Å². The van der Waals surface area contributed by atoms with Gasteiger partial charge in [0.05, 0.1) is 30.3 Å². The highest BCUT2D eigenvalue weighted by Crippen LogP contribution is 2.34. The molecule has 2 bridgehead atoms. The first-order chi connectivity index (χ1) is 17.9. The van der Waals surface area contributed by atoms with Crippen molar-refractivity contribution < 1.29 is 13.9 Å². The number of nitrogens with two attached hydrogens (primary N) is 1. The fourth-order valence-electron chi connectivity index (χ4n) is 4.64. The minimum Gasteiger partial charge on any atom is -0.463 e. The first kappa shape index (κ1) is 25.0. The van der Waals surface area contributed by atoms with Crippen molar-refractivity contribution in [3.63, 3.8) is 0 Å². The number of benzene rings is 2. The summed E-state index contributed by atoms with van der Waals surface area (Å²) in [5.74, 6) is -0.184. The number of hydrogen-bond acceptors (Lipinski definition) is 8. The summed E-state index contributed by atoms with van der Waals surface area (Å²) in [7, 11) is 0. The van der Waals surface area contributed by atoms with Crippen molar-refractivity contribution in [2.45, 2.75) is 31.3 Å². The summed E-state index contributed by atoms with van der Waals surface area (Å²) in [4.78, 5) is 12.2. The zero-order valence-corrected chi connectivity index (χ0v) is 21.4. The van der Waals surface area contributed by atoms with E-state index in [0.717, 1.165) is 27.1 Å². The van der Waals surface area contributed by atoms with Gasteiger partial charge in [0, 0.05) is 35.7 Å². The monoisotopic (exact) mass is 517 g/mol. The van der Waals surface area contributed by atoms with Gasteiger partial charge in [-0.15, -0.1) is 0 Å². The quantitative estimate of drug-likeness (QED) is 0.307. The Kier molecular flexibility index (Phi) is 7.27. The molecule has 0 spiro atoms. The van der Waals surface area contributed by atoms with Crippen molar-refractivity contribution in [1.82, 2.24) is 14.6 Å². The molecule has 0 saturated carbocycles. The zero-order valence-electron chi connectivity index (χ0n) is 20.6. The van der Waals surface area contributed by atoms with Gasteiger partial charge in [0.15, 0.2) is 5.58 Å². The number of pyridine rings is 1. The molecule has 0 amide bonds. The van der Waals surface area contributed by atoms with Crippen LogP contribution in [0.3, 0.4) is 0 Å². The summed E-state index contributed by atoms with van der Waals surface area (Å²) in [5, 5.41) is 10.0. The van der Waals surface area contributed by atoms with Crippen LogP contribution in [0.2, 0.25) is 0 Å². The molecule has 0 saturated heterocycles. The summed E-state index contributed by atoms with van der Waals surface area (Å²) in [6.07, 6.45) is 3.52. The molecule has 9 heteroatoms. The van der Waals surface area contributed by atoms with E-state index >= 15 is 4.39 Å². The fraction of sp³-hybridized carbons (Fsp3) is 0.214. The van der Waals surface area contributed by atoms with E-state index in [9.17, 15) is 5.11 Å². The lowest BCUT2D eigenvalue weighted by molar-refractivity contribution is 0.161. The number of fused-ring (bicyclic) bond motifs is 3. The van der Waals surface area contributed by atoms with Gasteiger partial charge in [-0.1, -0.05) is 30.3 Å². The Morgan fingerprint density at radius 1 is 1.14 bits per heavy atom. The van der Waals surface area contributed by atoms with E-state index in [4.69, 9.17) is 15.1 Å². The summed E-state index contributed by atoms with van der Waals surface area (Å²) in [6, 6.07) is 16.8. The molecule has 0 aliphatic carbocycles. The van der Waals surface area contributed by atoms with Crippen LogP contribution in [-0.4, -0.2) is 34.1 Å². The van der Waals surface area contributed by atoms with Gasteiger partial charge >= 0.3 is 0 Å². The third kappa shape index (κ3) is 5.39. The Morgan fingerprint density at radius 3 is 2.70 bits per heavy atom. The summed E-state index contributed by atoms with van der Waals surface area (Å²) < 4.78 is 23.5. The van der Waals surface area contributed by atoms with Crippen molar-refractivity contribution in [1.29, 1.82) is 0 Å². The van der Waals surface area contributed by atoms with Crippen molar-refractivity contribution in [3.8, 4) is 0 Å². The molecule has 1 atom stereocenters. The molecule has 4 N–H and O–H groups in total. The maximum atomic E-state index is 15.1. The number of nitrogens with one attached hydrogen (secondary N) is 1. The average Bonchev–Trinajstić information content (AvgIpc) is 3.32. The maximum Gasteiger partial charge on any atom is 0.204 e.